The van der Waals surface area contributed by atoms with Crippen LogP contribution in [0.5, 0.6) is 11.5 Å². The molecule has 3 rings (SSSR count). The number of para-hydroxylation sites is 3. The number of hydrogen-bond acceptors (Lipinski definition) is 5. The first-order chi connectivity index (χ1) is 13.7. The van der Waals surface area contributed by atoms with Crippen molar-refractivity contribution in [3.8, 4) is 11.5 Å². The van der Waals surface area contributed by atoms with E-state index in [0.29, 0.717) is 23.0 Å². The number of hydrogen-bond donors (Lipinski definition) is 2. The van der Waals surface area contributed by atoms with Gasteiger partial charge >= 0.3 is 0 Å². The second kappa shape index (κ2) is 9.41. The Morgan fingerprint density at radius 3 is 2.46 bits per heavy atom. The van der Waals surface area contributed by atoms with E-state index in [0.717, 1.165) is 12.1 Å². The van der Waals surface area contributed by atoms with Crippen LogP contribution in [0.15, 0.2) is 66.9 Å². The summed E-state index contributed by atoms with van der Waals surface area (Å²) in [5.41, 5.74) is 2.85. The summed E-state index contributed by atoms with van der Waals surface area (Å²) in [5, 5.41) is 6.07. The van der Waals surface area contributed by atoms with Crippen LogP contribution in [0.25, 0.3) is 0 Å². The minimum absolute atomic E-state index is 0.121. The SMILES string of the molecule is CCc1ccccc1Nc1ccc(NC(=O)COc2ccccc2OC)cn1. The zero-order valence-electron chi connectivity index (χ0n) is 15.9. The first-order valence-corrected chi connectivity index (χ1v) is 9.06. The number of carbonyl (C=O) groups is 1. The van der Waals surface area contributed by atoms with Crippen molar-refractivity contribution in [2.24, 2.45) is 0 Å². The molecule has 0 fully saturated rings. The summed E-state index contributed by atoms with van der Waals surface area (Å²) in [4.78, 5) is 16.5. The zero-order chi connectivity index (χ0) is 19.8. The Morgan fingerprint density at radius 2 is 1.75 bits per heavy atom. The van der Waals surface area contributed by atoms with Crippen molar-refractivity contribution in [1.82, 2.24) is 4.98 Å². The Labute approximate surface area is 164 Å². The Balaban J connectivity index is 1.56. The van der Waals surface area contributed by atoms with Gasteiger partial charge in [-0.15, -0.1) is 0 Å². The quantitative estimate of drug-likeness (QED) is 0.608. The van der Waals surface area contributed by atoms with E-state index in [1.165, 1.54) is 5.56 Å². The molecule has 144 valence electrons. The number of aryl methyl sites for hydroxylation is 1. The minimum Gasteiger partial charge on any atom is -0.493 e. The Bertz CT molecular complexity index is 926. The number of nitrogens with one attached hydrogen (secondary N) is 2. The monoisotopic (exact) mass is 377 g/mol. The molecule has 0 aliphatic rings. The summed E-state index contributed by atoms with van der Waals surface area (Å²) < 4.78 is 10.7. The number of amides is 1. The van der Waals surface area contributed by atoms with E-state index in [4.69, 9.17) is 9.47 Å². The smallest absolute Gasteiger partial charge is 0.262 e. The van der Waals surface area contributed by atoms with Crippen molar-refractivity contribution in [2.45, 2.75) is 13.3 Å². The van der Waals surface area contributed by atoms with Gasteiger partial charge in [0.15, 0.2) is 18.1 Å². The van der Waals surface area contributed by atoms with Gasteiger partial charge < -0.3 is 20.1 Å². The number of nitrogens with zero attached hydrogens (tertiary/aromatic N) is 1. The maximum absolute atomic E-state index is 12.1. The van der Waals surface area contributed by atoms with Crippen LogP contribution in [-0.2, 0) is 11.2 Å². The van der Waals surface area contributed by atoms with Gasteiger partial charge in [0.1, 0.15) is 5.82 Å². The number of benzene rings is 2. The third-order valence-electron chi connectivity index (χ3n) is 4.14. The van der Waals surface area contributed by atoms with Crippen molar-refractivity contribution < 1.29 is 14.3 Å². The summed E-state index contributed by atoms with van der Waals surface area (Å²) in [6.45, 7) is 1.99. The number of methoxy groups -OCH3 is 1. The molecule has 1 amide bonds. The van der Waals surface area contributed by atoms with E-state index in [-0.39, 0.29) is 12.5 Å². The van der Waals surface area contributed by atoms with Crippen LogP contribution in [0.3, 0.4) is 0 Å². The first-order valence-electron chi connectivity index (χ1n) is 9.06. The van der Waals surface area contributed by atoms with Crippen LogP contribution < -0.4 is 20.1 Å². The van der Waals surface area contributed by atoms with Crippen molar-refractivity contribution >= 4 is 23.1 Å². The molecule has 0 spiro atoms. The minimum atomic E-state index is -0.273. The fraction of sp³-hybridized carbons (Fsp3) is 0.182. The van der Waals surface area contributed by atoms with Crippen LogP contribution in [0.1, 0.15) is 12.5 Å². The summed E-state index contributed by atoms with van der Waals surface area (Å²) >= 11 is 0. The third-order valence-corrected chi connectivity index (χ3v) is 4.14. The van der Waals surface area contributed by atoms with Gasteiger partial charge in [0.05, 0.1) is 19.0 Å². The maximum Gasteiger partial charge on any atom is 0.262 e. The molecule has 0 saturated carbocycles. The third kappa shape index (κ3) is 5.01. The molecule has 0 aliphatic carbocycles. The van der Waals surface area contributed by atoms with E-state index in [9.17, 15) is 4.79 Å². The van der Waals surface area contributed by atoms with Gasteiger partial charge in [-0.25, -0.2) is 4.98 Å². The maximum atomic E-state index is 12.1. The van der Waals surface area contributed by atoms with Crippen molar-refractivity contribution in [3.05, 3.63) is 72.4 Å². The molecule has 0 atom stereocenters. The molecule has 28 heavy (non-hydrogen) atoms. The van der Waals surface area contributed by atoms with E-state index in [1.807, 2.05) is 36.4 Å². The zero-order valence-corrected chi connectivity index (χ0v) is 15.9. The molecule has 1 heterocycles. The molecule has 2 N–H and O–H groups in total. The first kappa shape index (κ1) is 19.2. The number of aromatic nitrogens is 1. The molecule has 0 saturated heterocycles. The Morgan fingerprint density at radius 1 is 1.00 bits per heavy atom. The largest absolute Gasteiger partial charge is 0.493 e. The fourth-order valence-corrected chi connectivity index (χ4v) is 2.71. The van der Waals surface area contributed by atoms with Gasteiger partial charge in [-0.1, -0.05) is 37.3 Å². The predicted molar refractivity (Wildman–Crippen MR) is 110 cm³/mol. The standard InChI is InChI=1S/C22H23N3O3/c1-3-16-8-4-5-9-18(16)25-21-13-12-17(14-23-21)24-22(26)15-28-20-11-7-6-10-19(20)27-2/h4-14H,3,15H2,1-2H3,(H,23,25)(H,24,26). The number of anilines is 3. The van der Waals surface area contributed by atoms with E-state index in [2.05, 4.69) is 28.6 Å². The predicted octanol–water partition coefficient (Wildman–Crippen LogP) is 4.41. The van der Waals surface area contributed by atoms with E-state index in [1.54, 1.807) is 31.5 Å². The van der Waals surface area contributed by atoms with Gasteiger partial charge in [0.25, 0.3) is 5.91 Å². The highest BCUT2D eigenvalue weighted by Gasteiger charge is 2.08. The van der Waals surface area contributed by atoms with E-state index >= 15 is 0 Å². The number of rotatable bonds is 8. The summed E-state index contributed by atoms with van der Waals surface area (Å²) in [6.07, 6.45) is 2.54. The topological polar surface area (TPSA) is 72.5 Å². The number of pyridine rings is 1. The van der Waals surface area contributed by atoms with Crippen LogP contribution in [0.2, 0.25) is 0 Å². The lowest BCUT2D eigenvalue weighted by molar-refractivity contribution is -0.118. The Kier molecular flexibility index (Phi) is 6.46. The average molecular weight is 377 g/mol. The highest BCUT2D eigenvalue weighted by atomic mass is 16.5. The van der Waals surface area contributed by atoms with Crippen molar-refractivity contribution in [3.63, 3.8) is 0 Å². The second-order valence-electron chi connectivity index (χ2n) is 6.06. The van der Waals surface area contributed by atoms with Gasteiger partial charge in [0, 0.05) is 5.69 Å². The summed E-state index contributed by atoms with van der Waals surface area (Å²) in [7, 11) is 1.56. The Hall–Kier alpha value is -3.54. The molecular weight excluding hydrogens is 354 g/mol. The molecule has 0 bridgehead atoms. The lowest BCUT2D eigenvalue weighted by Gasteiger charge is -2.12. The highest BCUT2D eigenvalue weighted by Crippen LogP contribution is 2.25. The molecule has 0 unspecified atom stereocenters. The summed E-state index contributed by atoms with van der Waals surface area (Å²) in [6, 6.07) is 18.9. The second-order valence-corrected chi connectivity index (χ2v) is 6.06. The van der Waals surface area contributed by atoms with Crippen LogP contribution in [-0.4, -0.2) is 24.6 Å². The molecule has 6 heteroatoms. The molecule has 0 aliphatic heterocycles. The van der Waals surface area contributed by atoms with Gasteiger partial charge in [0.2, 0.25) is 0 Å². The lowest BCUT2D eigenvalue weighted by Crippen LogP contribution is -2.20. The molecule has 1 aromatic heterocycles. The van der Waals surface area contributed by atoms with Gasteiger partial charge in [-0.05, 0) is 42.3 Å². The van der Waals surface area contributed by atoms with Gasteiger partial charge in [-0.3, -0.25) is 4.79 Å². The fourth-order valence-electron chi connectivity index (χ4n) is 2.71. The number of carbonyl (C=O) groups excluding carboxylic acids is 1. The van der Waals surface area contributed by atoms with Crippen molar-refractivity contribution in [1.29, 1.82) is 0 Å². The van der Waals surface area contributed by atoms with Crippen molar-refractivity contribution in [2.75, 3.05) is 24.4 Å². The molecular formula is C22H23N3O3. The van der Waals surface area contributed by atoms with Crippen LogP contribution in [0, 0.1) is 0 Å². The molecule has 6 nitrogen and oxygen atoms in total. The molecule has 2 aromatic carbocycles. The average Bonchev–Trinajstić information content (AvgIpc) is 2.74. The molecule has 3 aromatic rings. The normalized spacial score (nSPS) is 10.2. The van der Waals surface area contributed by atoms with Crippen LogP contribution in [0.4, 0.5) is 17.2 Å². The lowest BCUT2D eigenvalue weighted by atomic mass is 10.1. The van der Waals surface area contributed by atoms with E-state index < -0.39 is 0 Å². The van der Waals surface area contributed by atoms with Crippen LogP contribution >= 0.6 is 0 Å². The number of ether oxygens (including phenoxy) is 2. The highest BCUT2D eigenvalue weighted by molar-refractivity contribution is 5.91. The molecule has 0 radical (unpaired) electrons. The summed E-state index contributed by atoms with van der Waals surface area (Å²) in [5.74, 6) is 1.54. The van der Waals surface area contributed by atoms with Gasteiger partial charge in [-0.2, -0.15) is 0 Å².